The highest BCUT2D eigenvalue weighted by atomic mass is 16.7. The van der Waals surface area contributed by atoms with Crippen LogP contribution in [0.5, 0.6) is 0 Å². The lowest BCUT2D eigenvalue weighted by Crippen LogP contribution is -2.71. The molecular weight excluding hydrogens is 456 g/mol. The van der Waals surface area contributed by atoms with E-state index in [0.717, 1.165) is 51.4 Å². The second-order valence-electron chi connectivity index (χ2n) is 15.1. The lowest BCUT2D eigenvalue weighted by atomic mass is 9.50. The van der Waals surface area contributed by atoms with Crippen molar-refractivity contribution in [2.24, 2.45) is 22.7 Å². The standard InChI is InChI=1S/C30H50O6/c1-19-9-11-21-27(15-17-29(31,35-27)23(3,4)33-21)25(19,7)13-14-26(8)20(2)10-12-22-28(26)16-18-30(32,36-28)24(5,6)34-22/h19-22,31-32H,9-18H2,1-8H3/t19-,20+,21-,22-,25-,26?,27+,28+,29-,30-/m0/s1. The van der Waals surface area contributed by atoms with Gasteiger partial charge in [0, 0.05) is 23.7 Å². The third kappa shape index (κ3) is 2.85. The molecule has 2 aliphatic carbocycles. The van der Waals surface area contributed by atoms with Crippen LogP contribution in [0.3, 0.4) is 0 Å². The van der Waals surface area contributed by atoms with Gasteiger partial charge in [-0.2, -0.15) is 0 Å². The minimum absolute atomic E-state index is 0.00519. The Morgan fingerprint density at radius 3 is 1.31 bits per heavy atom. The fraction of sp³-hybridized carbons (Fsp3) is 1.00. The predicted octanol–water partition coefficient (Wildman–Crippen LogP) is 5.47. The van der Waals surface area contributed by atoms with Crippen LogP contribution in [0.4, 0.5) is 0 Å². The topological polar surface area (TPSA) is 77.4 Å². The normalized spacial score (nSPS) is 58.8. The summed E-state index contributed by atoms with van der Waals surface area (Å²) in [7, 11) is 0. The van der Waals surface area contributed by atoms with Crippen molar-refractivity contribution in [3.63, 3.8) is 0 Å². The molecule has 2 saturated carbocycles. The highest BCUT2D eigenvalue weighted by Gasteiger charge is 2.75. The second kappa shape index (κ2) is 7.28. The molecule has 6 rings (SSSR count). The van der Waals surface area contributed by atoms with E-state index in [9.17, 15) is 10.2 Å². The van der Waals surface area contributed by atoms with Crippen LogP contribution in [0.15, 0.2) is 0 Å². The fourth-order valence-corrected chi connectivity index (χ4v) is 9.74. The summed E-state index contributed by atoms with van der Waals surface area (Å²) in [5.41, 5.74) is -2.61. The lowest BCUT2D eigenvalue weighted by Gasteiger charge is -2.64. The smallest absolute Gasteiger partial charge is 0.195 e. The number of rotatable bonds is 3. The summed E-state index contributed by atoms with van der Waals surface area (Å²) in [5, 5.41) is 23.0. The first-order chi connectivity index (χ1) is 16.5. The van der Waals surface area contributed by atoms with Crippen molar-refractivity contribution in [1.29, 1.82) is 0 Å². The van der Waals surface area contributed by atoms with Crippen LogP contribution in [0.25, 0.3) is 0 Å². The highest BCUT2D eigenvalue weighted by molar-refractivity contribution is 5.20. The first-order valence-electron chi connectivity index (χ1n) is 14.7. The molecule has 206 valence electrons. The van der Waals surface area contributed by atoms with Crippen molar-refractivity contribution >= 4 is 0 Å². The molecule has 2 spiro atoms. The summed E-state index contributed by atoms with van der Waals surface area (Å²) in [4.78, 5) is 0. The zero-order valence-corrected chi connectivity index (χ0v) is 23.9. The molecule has 0 aromatic rings. The Kier molecular flexibility index (Phi) is 5.26. The van der Waals surface area contributed by atoms with Gasteiger partial charge in [0.1, 0.15) is 22.4 Å². The van der Waals surface area contributed by atoms with Gasteiger partial charge >= 0.3 is 0 Å². The Morgan fingerprint density at radius 2 is 0.944 bits per heavy atom. The van der Waals surface area contributed by atoms with Gasteiger partial charge in [0.2, 0.25) is 0 Å². The van der Waals surface area contributed by atoms with E-state index in [-0.39, 0.29) is 23.0 Å². The molecule has 6 nitrogen and oxygen atoms in total. The first-order valence-corrected chi connectivity index (χ1v) is 14.7. The summed E-state index contributed by atoms with van der Waals surface area (Å²) in [5.74, 6) is -1.55. The number of hydrogen-bond acceptors (Lipinski definition) is 6. The van der Waals surface area contributed by atoms with E-state index in [1.54, 1.807) is 0 Å². The summed E-state index contributed by atoms with van der Waals surface area (Å²) >= 11 is 0. The van der Waals surface area contributed by atoms with Crippen LogP contribution in [-0.2, 0) is 18.9 Å². The number of aliphatic hydroxyl groups is 2. The fourth-order valence-electron chi connectivity index (χ4n) is 9.74. The van der Waals surface area contributed by atoms with E-state index >= 15 is 0 Å². The zero-order valence-electron chi connectivity index (χ0n) is 23.9. The summed E-state index contributed by atoms with van der Waals surface area (Å²) < 4.78 is 27.0. The molecule has 2 N–H and O–H groups in total. The van der Waals surface area contributed by atoms with Crippen LogP contribution < -0.4 is 0 Å². The van der Waals surface area contributed by atoms with Crippen molar-refractivity contribution in [3.8, 4) is 0 Å². The van der Waals surface area contributed by atoms with Gasteiger partial charge in [0.15, 0.2) is 11.6 Å². The average molecular weight is 507 g/mol. The number of hydrogen-bond donors (Lipinski definition) is 2. The van der Waals surface area contributed by atoms with Crippen molar-refractivity contribution in [2.45, 2.75) is 166 Å². The zero-order chi connectivity index (χ0) is 26.2. The molecule has 6 heteroatoms. The Labute approximate surface area is 217 Å². The van der Waals surface area contributed by atoms with Crippen LogP contribution in [0.1, 0.15) is 120 Å². The predicted molar refractivity (Wildman–Crippen MR) is 136 cm³/mol. The van der Waals surface area contributed by atoms with Gasteiger partial charge in [-0.05, 0) is 90.9 Å². The van der Waals surface area contributed by atoms with E-state index in [0.29, 0.717) is 24.7 Å². The molecule has 4 heterocycles. The molecule has 0 aromatic carbocycles. The lowest BCUT2D eigenvalue weighted by molar-refractivity contribution is -0.415. The second-order valence-corrected chi connectivity index (χ2v) is 15.1. The average Bonchev–Trinajstić information content (AvgIpc) is 3.32. The molecule has 6 fully saturated rings. The van der Waals surface area contributed by atoms with E-state index < -0.39 is 34.0 Å². The molecule has 6 aliphatic rings. The molecule has 4 saturated heterocycles. The monoisotopic (exact) mass is 506 g/mol. The van der Waals surface area contributed by atoms with Crippen molar-refractivity contribution < 1.29 is 29.2 Å². The quantitative estimate of drug-likeness (QED) is 0.529. The van der Waals surface area contributed by atoms with Crippen molar-refractivity contribution in [3.05, 3.63) is 0 Å². The Hall–Kier alpha value is -0.240. The minimum Gasteiger partial charge on any atom is -0.364 e. The minimum atomic E-state index is -1.23. The van der Waals surface area contributed by atoms with E-state index in [4.69, 9.17) is 18.9 Å². The Morgan fingerprint density at radius 1 is 0.583 bits per heavy atom. The Bertz CT molecular complexity index is 860. The maximum atomic E-state index is 11.5. The molecule has 0 radical (unpaired) electrons. The van der Waals surface area contributed by atoms with Crippen LogP contribution in [-0.4, -0.2) is 56.4 Å². The largest absolute Gasteiger partial charge is 0.364 e. The highest BCUT2D eigenvalue weighted by Crippen LogP contribution is 2.68. The maximum Gasteiger partial charge on any atom is 0.195 e. The van der Waals surface area contributed by atoms with Gasteiger partial charge in [0.05, 0.1) is 12.2 Å². The SMILES string of the molecule is C[C@@H]1CC[C@@H]2OC(C)(C)[C@]3(O)CC[C@]2(O3)C1(C)CC[C@@]1(C)[C@@H](C)CC[C@@H]2OC(C)(C)[C@]3(O)CC[C@@]21O3. The number of ether oxygens (including phenoxy) is 4. The van der Waals surface area contributed by atoms with Gasteiger partial charge in [-0.1, -0.05) is 27.7 Å². The number of fused-ring (bicyclic) bond motifs is 2. The van der Waals surface area contributed by atoms with E-state index in [1.807, 2.05) is 27.7 Å². The molecule has 4 aliphatic heterocycles. The van der Waals surface area contributed by atoms with Gasteiger partial charge < -0.3 is 29.2 Å². The molecule has 4 bridgehead atoms. The van der Waals surface area contributed by atoms with Crippen LogP contribution in [0, 0.1) is 22.7 Å². The molecule has 0 amide bonds. The van der Waals surface area contributed by atoms with Crippen LogP contribution >= 0.6 is 0 Å². The third-order valence-electron chi connectivity index (χ3n) is 13.2. The van der Waals surface area contributed by atoms with E-state index in [1.165, 1.54) is 0 Å². The molecule has 1 unspecified atom stereocenters. The van der Waals surface area contributed by atoms with Gasteiger partial charge in [-0.3, -0.25) is 0 Å². The third-order valence-corrected chi connectivity index (χ3v) is 13.2. The first kappa shape index (κ1) is 26.0. The molecule has 10 atom stereocenters. The maximum absolute atomic E-state index is 11.5. The Balaban J connectivity index is 1.34. The van der Waals surface area contributed by atoms with Crippen molar-refractivity contribution in [1.82, 2.24) is 0 Å². The molecular formula is C30H50O6. The summed E-state index contributed by atoms with van der Waals surface area (Å²) in [6, 6.07) is 0. The van der Waals surface area contributed by atoms with Gasteiger partial charge in [0.25, 0.3) is 0 Å². The summed E-state index contributed by atoms with van der Waals surface area (Å²) in [6.07, 6.45) is 9.06. The van der Waals surface area contributed by atoms with Crippen LogP contribution in [0.2, 0.25) is 0 Å². The molecule has 0 aromatic heterocycles. The summed E-state index contributed by atoms with van der Waals surface area (Å²) in [6.45, 7) is 17.4. The molecule has 36 heavy (non-hydrogen) atoms. The van der Waals surface area contributed by atoms with Crippen molar-refractivity contribution in [2.75, 3.05) is 0 Å². The van der Waals surface area contributed by atoms with Gasteiger partial charge in [-0.25, -0.2) is 0 Å². The van der Waals surface area contributed by atoms with Gasteiger partial charge in [-0.15, -0.1) is 0 Å². The van der Waals surface area contributed by atoms with E-state index in [2.05, 4.69) is 27.7 Å².